The molecule has 5 nitrogen and oxygen atoms in total. The van der Waals surface area contributed by atoms with Gasteiger partial charge >= 0.3 is 0 Å². The van der Waals surface area contributed by atoms with Gasteiger partial charge in [-0.2, -0.15) is 5.26 Å². The van der Waals surface area contributed by atoms with Crippen LogP contribution in [0.25, 0.3) is 22.3 Å². The third-order valence-corrected chi connectivity index (χ3v) is 7.11. The fraction of sp³-hybridized carbons (Fsp3) is 0.286. The molecule has 1 N–H and O–H groups in total. The van der Waals surface area contributed by atoms with Crippen molar-refractivity contribution in [2.45, 2.75) is 45.4 Å². The van der Waals surface area contributed by atoms with Crippen LogP contribution in [0.2, 0.25) is 5.02 Å². The lowest BCUT2D eigenvalue weighted by atomic mass is 9.77. The van der Waals surface area contributed by atoms with Gasteiger partial charge in [0, 0.05) is 28.5 Å². The van der Waals surface area contributed by atoms with Crippen molar-refractivity contribution in [2.75, 3.05) is 11.0 Å². The zero-order chi connectivity index (χ0) is 25.0. The molecule has 0 saturated carbocycles. The van der Waals surface area contributed by atoms with E-state index in [9.17, 15) is 5.26 Å². The molecule has 0 aliphatic carbocycles. The van der Waals surface area contributed by atoms with Crippen LogP contribution in [-0.2, 0) is 11.8 Å². The van der Waals surface area contributed by atoms with E-state index in [-0.39, 0.29) is 5.41 Å². The quantitative estimate of drug-likeness (QED) is 0.251. The second kappa shape index (κ2) is 10.6. The number of rotatable bonds is 8. The Morgan fingerprint density at radius 1 is 1.03 bits per heavy atom. The Morgan fingerprint density at radius 3 is 2.49 bits per heavy atom. The molecule has 0 radical (unpaired) electrons. The average Bonchev–Trinajstić information content (AvgIpc) is 2.87. The van der Waals surface area contributed by atoms with Crippen LogP contribution in [-0.4, -0.2) is 21.2 Å². The van der Waals surface area contributed by atoms with Crippen LogP contribution < -0.4 is 4.72 Å². The lowest BCUT2D eigenvalue weighted by molar-refractivity contribution is 0.640. The van der Waals surface area contributed by atoms with Gasteiger partial charge in [0.15, 0.2) is 11.5 Å². The normalized spacial score (nSPS) is 11.4. The van der Waals surface area contributed by atoms with Crippen molar-refractivity contribution in [1.82, 2.24) is 15.0 Å². The van der Waals surface area contributed by atoms with E-state index in [4.69, 9.17) is 11.6 Å². The average molecular weight is 502 g/mol. The molecule has 0 aliphatic rings. The standard InChI is InChI=1S/C28H28ClN5S/c1-5-6-7-23-19(15-30)12-22(14-24(23)29)28(2,3)21-10-8-18(9-11-21)20-13-25-27(32-16-20)33-26(17-31-25)34-35-4/h8-14,16-17H,5-7H2,1-4H3,(H,32,33,34). The number of hydrogen-bond donors (Lipinski definition) is 1. The van der Waals surface area contributed by atoms with E-state index in [0.717, 1.165) is 52.6 Å². The summed E-state index contributed by atoms with van der Waals surface area (Å²) in [7, 11) is 0. The SMILES string of the molecule is CCCCc1c(Cl)cc(C(C)(C)c2ccc(-c3cnc4nc(NSC)cnc4c3)cc2)cc1C#N. The number of nitrogens with one attached hydrogen (secondary N) is 1. The second-order valence-electron chi connectivity index (χ2n) is 9.03. The first-order valence-corrected chi connectivity index (χ1v) is 13.2. The minimum absolute atomic E-state index is 0.315. The van der Waals surface area contributed by atoms with Crippen LogP contribution in [0, 0.1) is 11.3 Å². The summed E-state index contributed by atoms with van der Waals surface area (Å²) >= 11 is 8.12. The van der Waals surface area contributed by atoms with E-state index in [1.807, 2.05) is 30.7 Å². The number of nitriles is 1. The Balaban J connectivity index is 1.63. The molecule has 0 aliphatic heterocycles. The first kappa shape index (κ1) is 25.0. The van der Waals surface area contributed by atoms with Gasteiger partial charge in [-0.25, -0.2) is 15.0 Å². The summed E-state index contributed by atoms with van der Waals surface area (Å²) < 4.78 is 3.08. The molecule has 2 aromatic heterocycles. The molecule has 0 atom stereocenters. The zero-order valence-corrected chi connectivity index (χ0v) is 22.0. The molecule has 2 aromatic carbocycles. The minimum atomic E-state index is -0.315. The summed E-state index contributed by atoms with van der Waals surface area (Å²) in [5, 5.41) is 10.4. The van der Waals surface area contributed by atoms with Crippen LogP contribution >= 0.6 is 23.5 Å². The van der Waals surface area contributed by atoms with Crippen LogP contribution in [0.3, 0.4) is 0 Å². The van der Waals surface area contributed by atoms with Gasteiger partial charge in [-0.1, -0.05) is 75.0 Å². The highest BCUT2D eigenvalue weighted by molar-refractivity contribution is 7.99. The number of fused-ring (bicyclic) bond motifs is 1. The fourth-order valence-corrected chi connectivity index (χ4v) is 4.78. The highest BCUT2D eigenvalue weighted by Gasteiger charge is 2.25. The molecule has 0 fully saturated rings. The number of benzene rings is 2. The van der Waals surface area contributed by atoms with Gasteiger partial charge in [0.1, 0.15) is 5.52 Å². The smallest absolute Gasteiger partial charge is 0.180 e. The number of hydrogen-bond acceptors (Lipinski definition) is 6. The summed E-state index contributed by atoms with van der Waals surface area (Å²) in [6.45, 7) is 6.46. The summed E-state index contributed by atoms with van der Waals surface area (Å²) in [4.78, 5) is 13.5. The van der Waals surface area contributed by atoms with Crippen LogP contribution in [0.1, 0.15) is 55.9 Å². The second-order valence-corrected chi connectivity index (χ2v) is 10.0. The van der Waals surface area contributed by atoms with Crippen LogP contribution in [0.4, 0.5) is 5.82 Å². The van der Waals surface area contributed by atoms with E-state index in [2.05, 4.69) is 70.8 Å². The number of halogens is 1. The molecule has 0 saturated heterocycles. The largest absolute Gasteiger partial charge is 0.313 e. The van der Waals surface area contributed by atoms with Gasteiger partial charge < -0.3 is 4.72 Å². The molecule has 0 bridgehead atoms. The molecule has 2 heterocycles. The van der Waals surface area contributed by atoms with E-state index in [1.165, 1.54) is 11.9 Å². The highest BCUT2D eigenvalue weighted by Crippen LogP contribution is 2.36. The Labute approximate surface area is 216 Å². The zero-order valence-electron chi connectivity index (χ0n) is 20.4. The fourth-order valence-electron chi connectivity index (χ4n) is 4.16. The monoisotopic (exact) mass is 501 g/mol. The van der Waals surface area contributed by atoms with Gasteiger partial charge in [0.2, 0.25) is 0 Å². The molecule has 4 rings (SSSR count). The van der Waals surface area contributed by atoms with E-state index < -0.39 is 0 Å². The van der Waals surface area contributed by atoms with Crippen molar-refractivity contribution in [1.29, 1.82) is 5.26 Å². The third kappa shape index (κ3) is 5.27. The summed E-state index contributed by atoms with van der Waals surface area (Å²) in [6, 6.07) is 16.8. The maximum atomic E-state index is 9.75. The topological polar surface area (TPSA) is 74.5 Å². The Hall–Kier alpha value is -3.14. The first-order chi connectivity index (χ1) is 16.9. The summed E-state index contributed by atoms with van der Waals surface area (Å²) in [5.74, 6) is 0.690. The number of aromatic nitrogens is 3. The van der Waals surface area contributed by atoms with Gasteiger partial charge in [0.05, 0.1) is 17.8 Å². The molecule has 4 aromatic rings. The van der Waals surface area contributed by atoms with Crippen molar-refractivity contribution in [2.24, 2.45) is 0 Å². The Kier molecular flexibility index (Phi) is 7.59. The van der Waals surface area contributed by atoms with Crippen LogP contribution in [0.15, 0.2) is 54.9 Å². The number of unbranched alkanes of at least 4 members (excludes halogenated alkanes) is 1. The number of nitrogens with zero attached hydrogens (tertiary/aromatic N) is 4. The van der Waals surface area contributed by atoms with Crippen molar-refractivity contribution >= 4 is 40.5 Å². The van der Waals surface area contributed by atoms with Gasteiger partial charge in [-0.15, -0.1) is 0 Å². The summed E-state index contributed by atoms with van der Waals surface area (Å²) in [6.07, 6.45) is 8.39. The van der Waals surface area contributed by atoms with E-state index in [1.54, 1.807) is 6.20 Å². The third-order valence-electron chi connectivity index (χ3n) is 6.36. The maximum Gasteiger partial charge on any atom is 0.180 e. The lowest BCUT2D eigenvalue weighted by Crippen LogP contribution is -2.19. The maximum absolute atomic E-state index is 9.75. The molecular formula is C28H28ClN5S. The van der Waals surface area contributed by atoms with Gasteiger partial charge in [0.25, 0.3) is 0 Å². The first-order valence-electron chi connectivity index (χ1n) is 11.6. The molecule has 7 heteroatoms. The number of anilines is 1. The van der Waals surface area contributed by atoms with Gasteiger partial charge in [-0.3, -0.25) is 0 Å². The predicted molar refractivity (Wildman–Crippen MR) is 147 cm³/mol. The molecule has 178 valence electrons. The number of pyridine rings is 1. The Bertz CT molecular complexity index is 1390. The van der Waals surface area contributed by atoms with E-state index in [0.29, 0.717) is 22.1 Å². The molecule has 35 heavy (non-hydrogen) atoms. The summed E-state index contributed by atoms with van der Waals surface area (Å²) in [5.41, 5.74) is 6.88. The molecule has 0 amide bonds. The lowest BCUT2D eigenvalue weighted by Gasteiger charge is -2.27. The molecule has 0 spiro atoms. The Morgan fingerprint density at radius 2 is 1.80 bits per heavy atom. The minimum Gasteiger partial charge on any atom is -0.313 e. The van der Waals surface area contributed by atoms with Crippen LogP contribution in [0.5, 0.6) is 0 Å². The molecular weight excluding hydrogens is 474 g/mol. The van der Waals surface area contributed by atoms with Crippen molar-refractivity contribution < 1.29 is 0 Å². The van der Waals surface area contributed by atoms with Crippen molar-refractivity contribution in [3.63, 3.8) is 0 Å². The van der Waals surface area contributed by atoms with Gasteiger partial charge in [-0.05, 0) is 53.3 Å². The van der Waals surface area contributed by atoms with E-state index >= 15 is 0 Å². The highest BCUT2D eigenvalue weighted by atomic mass is 35.5. The predicted octanol–water partition coefficient (Wildman–Crippen LogP) is 7.58. The molecule has 0 unspecified atom stereocenters. The van der Waals surface area contributed by atoms with Crippen molar-refractivity contribution in [3.05, 3.63) is 82.1 Å². The van der Waals surface area contributed by atoms with Crippen molar-refractivity contribution in [3.8, 4) is 17.2 Å².